The Morgan fingerprint density at radius 3 is 1.81 bits per heavy atom. The summed E-state index contributed by atoms with van der Waals surface area (Å²) < 4.78 is 0. The first-order valence-corrected chi connectivity index (χ1v) is 11.5. The summed E-state index contributed by atoms with van der Waals surface area (Å²) in [6, 6.07) is 31.0. The summed E-state index contributed by atoms with van der Waals surface area (Å²) in [6.45, 7) is 0.943. The maximum atomic E-state index is 11.9. The first-order valence-electron chi connectivity index (χ1n) is 10.2. The van der Waals surface area contributed by atoms with Gasteiger partial charge in [0.05, 0.1) is 0 Å². The molecule has 0 radical (unpaired) electrons. The molecule has 0 unspecified atom stereocenters. The summed E-state index contributed by atoms with van der Waals surface area (Å²) in [5.74, 6) is 0. The van der Waals surface area contributed by atoms with E-state index in [0.29, 0.717) is 0 Å². The maximum absolute atomic E-state index is 11.9. The topological polar surface area (TPSA) is 26.3 Å². The van der Waals surface area contributed by atoms with Crippen LogP contribution in [0.3, 0.4) is 0 Å². The standard InChI is InChI=1S/C22H24NOP.C5H5.Fe/c1-23(2)16-15-18-13-14-22(21(18)17-24)25(19-9-5-3-6-10-19)20-11-7-4-8-12-20;1-2-4-5-3-1;/h3-14,17,24H,15-16H2,1-2H3;1-5H;/q;-1;+2/p-1. The van der Waals surface area contributed by atoms with Gasteiger partial charge in [-0.2, -0.15) is 18.2 Å². The van der Waals surface area contributed by atoms with Crippen molar-refractivity contribution < 1.29 is 22.2 Å². The zero-order chi connectivity index (χ0) is 21.2. The Labute approximate surface area is 198 Å². The second kappa shape index (κ2) is 13.2. The molecule has 0 heterocycles. The average Bonchev–Trinajstić information content (AvgIpc) is 3.48. The monoisotopic (exact) mass is 469 g/mol. The third-order valence-corrected chi connectivity index (χ3v) is 7.34. The SMILES string of the molecule is CN(C)CCC1=CC=C(P(c2ccccc2)c2ccccc2)C1=C[O-].[Fe+2].c1cc[cH-]c1. The smallest absolute Gasteiger partial charge is 0.877 e. The third-order valence-electron chi connectivity index (χ3n) is 4.84. The van der Waals surface area contributed by atoms with E-state index in [2.05, 4.69) is 79.7 Å². The first kappa shape index (κ1) is 25.0. The van der Waals surface area contributed by atoms with Gasteiger partial charge in [0.15, 0.2) is 0 Å². The molecule has 0 N–H and O–H groups in total. The van der Waals surface area contributed by atoms with Gasteiger partial charge in [-0.05, 0) is 55.5 Å². The van der Waals surface area contributed by atoms with Gasteiger partial charge in [-0.1, -0.05) is 72.8 Å². The number of benzene rings is 2. The van der Waals surface area contributed by atoms with E-state index >= 15 is 0 Å². The van der Waals surface area contributed by atoms with Crippen LogP contribution in [0.25, 0.3) is 0 Å². The second-order valence-electron chi connectivity index (χ2n) is 7.30. The quantitative estimate of drug-likeness (QED) is 0.229. The molecule has 3 aromatic carbocycles. The number of hydrogen-bond donors (Lipinski definition) is 0. The van der Waals surface area contributed by atoms with Crippen LogP contribution in [0.5, 0.6) is 0 Å². The van der Waals surface area contributed by atoms with Gasteiger partial charge < -0.3 is 10.0 Å². The van der Waals surface area contributed by atoms with E-state index in [1.807, 2.05) is 42.5 Å². The molecular formula is C27H28FeNOP. The molecule has 1 aliphatic rings. The number of allylic oxidation sites excluding steroid dienone is 4. The fourth-order valence-electron chi connectivity index (χ4n) is 3.32. The zero-order valence-electron chi connectivity index (χ0n) is 18.0. The van der Waals surface area contributed by atoms with E-state index in [1.54, 1.807) is 0 Å². The van der Waals surface area contributed by atoms with Crippen LogP contribution in [0.2, 0.25) is 0 Å². The van der Waals surface area contributed by atoms with Crippen LogP contribution in [0, 0.1) is 0 Å². The van der Waals surface area contributed by atoms with Gasteiger partial charge in [0, 0.05) is 6.54 Å². The molecule has 31 heavy (non-hydrogen) atoms. The molecule has 160 valence electrons. The van der Waals surface area contributed by atoms with Gasteiger partial charge in [0.2, 0.25) is 0 Å². The molecule has 4 rings (SSSR count). The van der Waals surface area contributed by atoms with Crippen molar-refractivity contribution in [1.29, 1.82) is 0 Å². The summed E-state index contributed by atoms with van der Waals surface area (Å²) in [4.78, 5) is 2.15. The van der Waals surface area contributed by atoms with Gasteiger partial charge in [-0.15, -0.1) is 6.26 Å². The van der Waals surface area contributed by atoms with Crippen LogP contribution in [0.4, 0.5) is 0 Å². The Morgan fingerprint density at radius 2 is 1.39 bits per heavy atom. The van der Waals surface area contributed by atoms with E-state index in [0.717, 1.165) is 35.7 Å². The number of rotatable bonds is 6. The minimum absolute atomic E-state index is 0. The summed E-state index contributed by atoms with van der Waals surface area (Å²) in [7, 11) is 3.40. The summed E-state index contributed by atoms with van der Waals surface area (Å²) in [6.07, 6.45) is 6.22. The predicted molar refractivity (Wildman–Crippen MR) is 129 cm³/mol. The Kier molecular flexibility index (Phi) is 10.6. The van der Waals surface area contributed by atoms with Crippen molar-refractivity contribution in [3.8, 4) is 0 Å². The second-order valence-corrected chi connectivity index (χ2v) is 9.48. The minimum atomic E-state index is -0.723. The van der Waals surface area contributed by atoms with Crippen molar-refractivity contribution in [3.05, 3.63) is 126 Å². The van der Waals surface area contributed by atoms with Crippen LogP contribution in [0.15, 0.2) is 126 Å². The van der Waals surface area contributed by atoms with E-state index in [4.69, 9.17) is 0 Å². The predicted octanol–water partition coefficient (Wildman–Crippen LogP) is 4.54. The van der Waals surface area contributed by atoms with Crippen molar-refractivity contribution in [3.63, 3.8) is 0 Å². The summed E-state index contributed by atoms with van der Waals surface area (Å²) in [5, 5.41) is 15.6. The molecule has 4 heteroatoms. The molecular weight excluding hydrogens is 441 g/mol. The van der Waals surface area contributed by atoms with Gasteiger partial charge in [-0.25, -0.2) is 12.1 Å². The molecule has 0 saturated carbocycles. The molecule has 0 amide bonds. The van der Waals surface area contributed by atoms with Crippen molar-refractivity contribution in [2.75, 3.05) is 20.6 Å². The fourth-order valence-corrected chi connectivity index (χ4v) is 5.77. The van der Waals surface area contributed by atoms with Crippen LogP contribution in [-0.2, 0) is 17.1 Å². The Morgan fingerprint density at radius 1 is 0.839 bits per heavy atom. The maximum Gasteiger partial charge on any atom is 2.00 e. The van der Waals surface area contributed by atoms with Gasteiger partial charge in [0.25, 0.3) is 0 Å². The summed E-state index contributed by atoms with van der Waals surface area (Å²) >= 11 is 0. The van der Waals surface area contributed by atoms with Gasteiger partial charge in [-0.3, -0.25) is 0 Å². The molecule has 0 atom stereocenters. The van der Waals surface area contributed by atoms with Crippen molar-refractivity contribution in [1.82, 2.24) is 4.90 Å². The van der Waals surface area contributed by atoms with Crippen LogP contribution in [0.1, 0.15) is 6.42 Å². The van der Waals surface area contributed by atoms with Crippen LogP contribution in [-0.4, -0.2) is 25.5 Å². The number of nitrogens with zero attached hydrogens (tertiary/aromatic N) is 1. The van der Waals surface area contributed by atoms with E-state index in [-0.39, 0.29) is 17.1 Å². The molecule has 0 bridgehead atoms. The van der Waals surface area contributed by atoms with Gasteiger partial charge >= 0.3 is 17.1 Å². The van der Waals surface area contributed by atoms with Crippen molar-refractivity contribution >= 4 is 18.5 Å². The largest absolute Gasteiger partial charge is 2.00 e. The normalized spacial score (nSPS) is 14.0. The fraction of sp³-hybridized carbons (Fsp3) is 0.148. The first-order chi connectivity index (χ1) is 14.7. The van der Waals surface area contributed by atoms with Crippen LogP contribution < -0.4 is 15.7 Å². The van der Waals surface area contributed by atoms with E-state index < -0.39 is 7.92 Å². The molecule has 1 aliphatic carbocycles. The Balaban J connectivity index is 0.000000501. The molecule has 0 saturated heterocycles. The zero-order valence-corrected chi connectivity index (χ0v) is 20.0. The van der Waals surface area contributed by atoms with E-state index in [1.165, 1.54) is 10.6 Å². The molecule has 0 aromatic heterocycles. The molecule has 2 nitrogen and oxygen atoms in total. The van der Waals surface area contributed by atoms with Crippen molar-refractivity contribution in [2.45, 2.75) is 6.42 Å². The Bertz CT molecular complexity index is 920. The molecule has 0 aliphatic heterocycles. The third kappa shape index (κ3) is 7.13. The molecule has 0 fully saturated rings. The Hall–Kier alpha value is -2.28. The molecule has 3 aromatic rings. The summed E-state index contributed by atoms with van der Waals surface area (Å²) in [5.41, 5.74) is 2.03. The average molecular weight is 469 g/mol. The van der Waals surface area contributed by atoms with Crippen molar-refractivity contribution in [2.24, 2.45) is 0 Å². The van der Waals surface area contributed by atoms with Gasteiger partial charge in [0.1, 0.15) is 0 Å². The van der Waals surface area contributed by atoms with E-state index in [9.17, 15) is 5.11 Å². The number of hydrogen-bond acceptors (Lipinski definition) is 2. The van der Waals surface area contributed by atoms with Crippen LogP contribution >= 0.6 is 7.92 Å². The molecule has 0 spiro atoms. The minimum Gasteiger partial charge on any atom is -0.877 e.